The van der Waals surface area contributed by atoms with Gasteiger partial charge in [-0.15, -0.1) is 0 Å². The molecule has 2 atom stereocenters. The molecule has 0 bridgehead atoms. The topological polar surface area (TPSA) is 15.3 Å². The molecule has 2 unspecified atom stereocenters. The number of fused-ring (bicyclic) bond motifs is 1. The third kappa shape index (κ3) is 5.73. The number of nitrogens with one attached hydrogen (secondary N) is 1. The van der Waals surface area contributed by atoms with E-state index in [1.54, 1.807) is 0 Å². The Morgan fingerprint density at radius 2 is 1.70 bits per heavy atom. The van der Waals surface area contributed by atoms with Crippen molar-refractivity contribution in [2.45, 2.75) is 83.6 Å². The van der Waals surface area contributed by atoms with E-state index in [1.165, 1.54) is 96.8 Å². The molecule has 118 valence electrons. The van der Waals surface area contributed by atoms with Gasteiger partial charge in [-0.2, -0.15) is 0 Å². The summed E-state index contributed by atoms with van der Waals surface area (Å²) in [6.45, 7) is 7.63. The number of piperidine rings is 2. The van der Waals surface area contributed by atoms with Crippen molar-refractivity contribution >= 4 is 0 Å². The highest BCUT2D eigenvalue weighted by atomic mass is 15.1. The van der Waals surface area contributed by atoms with Gasteiger partial charge in [0.15, 0.2) is 0 Å². The number of nitrogens with zero attached hydrogens (tertiary/aromatic N) is 1. The van der Waals surface area contributed by atoms with Crippen LogP contribution in [0.25, 0.3) is 0 Å². The van der Waals surface area contributed by atoms with Crippen LogP contribution in [0.2, 0.25) is 0 Å². The molecule has 0 saturated carbocycles. The van der Waals surface area contributed by atoms with Gasteiger partial charge in [0.2, 0.25) is 0 Å². The highest BCUT2D eigenvalue weighted by Gasteiger charge is 2.30. The van der Waals surface area contributed by atoms with E-state index in [2.05, 4.69) is 17.1 Å². The monoisotopic (exact) mass is 280 g/mol. The number of rotatable bonds is 9. The minimum absolute atomic E-state index is 0.846. The molecule has 1 N–H and O–H groups in total. The maximum absolute atomic E-state index is 3.72. The maximum atomic E-state index is 3.72. The second-order valence-corrected chi connectivity index (χ2v) is 7.03. The summed E-state index contributed by atoms with van der Waals surface area (Å²) < 4.78 is 0. The van der Waals surface area contributed by atoms with Crippen molar-refractivity contribution in [2.75, 3.05) is 26.2 Å². The van der Waals surface area contributed by atoms with E-state index in [4.69, 9.17) is 0 Å². The van der Waals surface area contributed by atoms with Gasteiger partial charge in [-0.05, 0) is 51.2 Å². The lowest BCUT2D eigenvalue weighted by atomic mass is 9.85. The fraction of sp³-hybridized carbons (Fsp3) is 1.00. The zero-order valence-electron chi connectivity index (χ0n) is 13.7. The van der Waals surface area contributed by atoms with Crippen LogP contribution < -0.4 is 5.32 Å². The van der Waals surface area contributed by atoms with E-state index in [0.717, 1.165) is 12.0 Å². The van der Waals surface area contributed by atoms with Gasteiger partial charge in [0, 0.05) is 12.6 Å². The molecule has 0 aromatic rings. The zero-order chi connectivity index (χ0) is 14.0. The first-order valence-corrected chi connectivity index (χ1v) is 9.36. The van der Waals surface area contributed by atoms with Crippen LogP contribution in [0.3, 0.4) is 0 Å². The van der Waals surface area contributed by atoms with Gasteiger partial charge in [0.1, 0.15) is 0 Å². The summed E-state index contributed by atoms with van der Waals surface area (Å²) in [5.74, 6) is 0.951. The highest BCUT2D eigenvalue weighted by Crippen LogP contribution is 2.25. The molecule has 0 aliphatic carbocycles. The van der Waals surface area contributed by atoms with E-state index in [9.17, 15) is 0 Å². The molecular formula is C18H36N2. The molecule has 0 aromatic heterocycles. The second-order valence-electron chi connectivity index (χ2n) is 7.03. The Bertz CT molecular complexity index is 242. The van der Waals surface area contributed by atoms with Gasteiger partial charge in [-0.1, -0.05) is 51.9 Å². The van der Waals surface area contributed by atoms with Gasteiger partial charge < -0.3 is 10.2 Å². The first kappa shape index (κ1) is 16.3. The molecule has 0 spiro atoms. The molecule has 2 aliphatic heterocycles. The minimum atomic E-state index is 0.846. The third-order valence-corrected chi connectivity index (χ3v) is 5.30. The first-order chi connectivity index (χ1) is 9.90. The standard InChI is InChI=1S/C18H36N2/c1-2-3-4-5-6-7-8-9-14-20-15-12-18-17(16-20)11-10-13-19-18/h17-19H,2-16H2,1H3. The zero-order valence-corrected chi connectivity index (χ0v) is 13.7. The molecule has 2 heterocycles. The van der Waals surface area contributed by atoms with Crippen molar-refractivity contribution in [1.82, 2.24) is 10.2 Å². The van der Waals surface area contributed by atoms with Crippen LogP contribution in [0.1, 0.15) is 77.6 Å². The summed E-state index contributed by atoms with van der Waals surface area (Å²) in [7, 11) is 0. The summed E-state index contributed by atoms with van der Waals surface area (Å²) >= 11 is 0. The van der Waals surface area contributed by atoms with Crippen molar-refractivity contribution in [2.24, 2.45) is 5.92 Å². The summed E-state index contributed by atoms with van der Waals surface area (Å²) in [5.41, 5.74) is 0. The van der Waals surface area contributed by atoms with Crippen LogP contribution in [0, 0.1) is 5.92 Å². The molecule has 2 saturated heterocycles. The molecule has 20 heavy (non-hydrogen) atoms. The van der Waals surface area contributed by atoms with Crippen LogP contribution in [0.15, 0.2) is 0 Å². The van der Waals surface area contributed by atoms with Gasteiger partial charge >= 0.3 is 0 Å². The first-order valence-electron chi connectivity index (χ1n) is 9.36. The smallest absolute Gasteiger partial charge is 0.0120 e. The van der Waals surface area contributed by atoms with Crippen molar-refractivity contribution in [3.05, 3.63) is 0 Å². The molecule has 0 radical (unpaired) electrons. The number of likely N-dealkylation sites (tertiary alicyclic amines) is 1. The molecule has 0 aromatic carbocycles. The summed E-state index contributed by atoms with van der Waals surface area (Å²) in [5, 5.41) is 3.72. The van der Waals surface area contributed by atoms with E-state index in [1.807, 2.05) is 0 Å². The maximum Gasteiger partial charge on any atom is 0.0120 e. The van der Waals surface area contributed by atoms with Crippen molar-refractivity contribution in [3.63, 3.8) is 0 Å². The predicted octanol–water partition coefficient (Wildman–Crippen LogP) is 4.20. The molecule has 0 amide bonds. The highest BCUT2D eigenvalue weighted by molar-refractivity contribution is 4.88. The average Bonchev–Trinajstić information content (AvgIpc) is 2.50. The van der Waals surface area contributed by atoms with Crippen LogP contribution >= 0.6 is 0 Å². The summed E-state index contributed by atoms with van der Waals surface area (Å²) in [4.78, 5) is 2.74. The van der Waals surface area contributed by atoms with E-state index in [-0.39, 0.29) is 0 Å². The SMILES string of the molecule is CCCCCCCCCCN1CCC2NCCCC2C1. The van der Waals surface area contributed by atoms with Gasteiger partial charge in [0.25, 0.3) is 0 Å². The summed E-state index contributed by atoms with van der Waals surface area (Å²) in [6, 6.07) is 0.846. The summed E-state index contributed by atoms with van der Waals surface area (Å²) in [6.07, 6.45) is 15.8. The number of hydrogen-bond acceptors (Lipinski definition) is 2. The number of hydrogen-bond donors (Lipinski definition) is 1. The van der Waals surface area contributed by atoms with Gasteiger partial charge in [-0.3, -0.25) is 0 Å². The Balaban J connectivity index is 1.46. The van der Waals surface area contributed by atoms with Gasteiger partial charge in [-0.25, -0.2) is 0 Å². The Labute approximate surface area is 126 Å². The van der Waals surface area contributed by atoms with Crippen molar-refractivity contribution < 1.29 is 0 Å². The van der Waals surface area contributed by atoms with E-state index < -0.39 is 0 Å². The fourth-order valence-corrected chi connectivity index (χ4v) is 3.99. The molecule has 2 fully saturated rings. The molecule has 2 heteroatoms. The van der Waals surface area contributed by atoms with Crippen molar-refractivity contribution in [1.29, 1.82) is 0 Å². The average molecular weight is 280 g/mol. The third-order valence-electron chi connectivity index (χ3n) is 5.30. The van der Waals surface area contributed by atoms with E-state index in [0.29, 0.717) is 0 Å². The predicted molar refractivity (Wildman–Crippen MR) is 88.2 cm³/mol. The molecule has 2 rings (SSSR count). The van der Waals surface area contributed by atoms with Crippen LogP contribution in [0.5, 0.6) is 0 Å². The Kier molecular flexibility index (Phi) is 7.97. The molecule has 2 aliphatic rings. The number of unbranched alkanes of at least 4 members (excludes halogenated alkanes) is 7. The lowest BCUT2D eigenvalue weighted by Gasteiger charge is -2.41. The fourth-order valence-electron chi connectivity index (χ4n) is 3.99. The largest absolute Gasteiger partial charge is 0.314 e. The quantitative estimate of drug-likeness (QED) is 0.637. The van der Waals surface area contributed by atoms with Crippen molar-refractivity contribution in [3.8, 4) is 0 Å². The van der Waals surface area contributed by atoms with Gasteiger partial charge in [0.05, 0.1) is 0 Å². The molecule has 2 nitrogen and oxygen atoms in total. The van der Waals surface area contributed by atoms with Crippen LogP contribution in [-0.2, 0) is 0 Å². The molecular weight excluding hydrogens is 244 g/mol. The Morgan fingerprint density at radius 1 is 0.950 bits per heavy atom. The Hall–Kier alpha value is -0.0800. The Morgan fingerprint density at radius 3 is 2.50 bits per heavy atom. The van der Waals surface area contributed by atoms with Crippen LogP contribution in [0.4, 0.5) is 0 Å². The normalized spacial score (nSPS) is 27.4. The minimum Gasteiger partial charge on any atom is -0.314 e. The van der Waals surface area contributed by atoms with E-state index >= 15 is 0 Å². The van der Waals surface area contributed by atoms with Crippen LogP contribution in [-0.4, -0.2) is 37.1 Å². The lowest BCUT2D eigenvalue weighted by molar-refractivity contribution is 0.112. The second kappa shape index (κ2) is 9.78. The lowest BCUT2D eigenvalue weighted by Crippen LogP contribution is -2.52.